The van der Waals surface area contributed by atoms with E-state index in [1.165, 1.54) is 6.92 Å². The van der Waals surface area contributed by atoms with Crippen LogP contribution >= 0.6 is 0 Å². The first kappa shape index (κ1) is 9.03. The number of hydrogen-bond donors (Lipinski definition) is 0. The zero-order chi connectivity index (χ0) is 8.97. The normalized spacial score (nSPS) is 21.8. The standard InChI is InChI=1S/C8H13NO3/c1-3-11-8-7(4-5-9-8)12-6(2)10/h7H,3-5H2,1-2H3. The molecule has 0 fully saturated rings. The summed E-state index contributed by atoms with van der Waals surface area (Å²) in [7, 11) is 0. The van der Waals surface area contributed by atoms with Gasteiger partial charge in [-0.3, -0.25) is 9.79 Å². The largest absolute Gasteiger partial charge is 0.479 e. The molecule has 0 N–H and O–H groups in total. The number of rotatable bonds is 2. The van der Waals surface area contributed by atoms with Crippen LogP contribution in [-0.2, 0) is 14.3 Å². The Hall–Kier alpha value is -1.06. The Balaban J connectivity index is 2.44. The Labute approximate surface area is 71.6 Å². The molecule has 0 aromatic carbocycles. The lowest BCUT2D eigenvalue weighted by Gasteiger charge is -2.12. The average molecular weight is 171 g/mol. The van der Waals surface area contributed by atoms with Crippen LogP contribution in [0.3, 0.4) is 0 Å². The minimum absolute atomic E-state index is 0.248. The van der Waals surface area contributed by atoms with Crippen LogP contribution in [0, 0.1) is 0 Å². The predicted octanol–water partition coefficient (Wildman–Crippen LogP) is 0.757. The van der Waals surface area contributed by atoms with E-state index in [0.717, 1.165) is 6.42 Å². The van der Waals surface area contributed by atoms with Gasteiger partial charge in [0, 0.05) is 19.9 Å². The first-order valence-corrected chi connectivity index (χ1v) is 4.08. The maximum atomic E-state index is 10.6. The maximum Gasteiger partial charge on any atom is 0.303 e. The molecule has 0 amide bonds. The highest BCUT2D eigenvalue weighted by Gasteiger charge is 2.24. The Morgan fingerprint density at radius 1 is 1.75 bits per heavy atom. The van der Waals surface area contributed by atoms with Crippen LogP contribution < -0.4 is 0 Å². The summed E-state index contributed by atoms with van der Waals surface area (Å²) in [5.74, 6) is 0.280. The Bertz CT molecular complexity index is 200. The summed E-state index contributed by atoms with van der Waals surface area (Å²) in [5, 5.41) is 0. The third kappa shape index (κ3) is 2.22. The van der Waals surface area contributed by atoms with Crippen LogP contribution in [0.15, 0.2) is 4.99 Å². The van der Waals surface area contributed by atoms with Gasteiger partial charge in [-0.05, 0) is 6.92 Å². The maximum absolute atomic E-state index is 10.6. The van der Waals surface area contributed by atoms with E-state index in [1.54, 1.807) is 0 Å². The van der Waals surface area contributed by atoms with Crippen molar-refractivity contribution in [2.45, 2.75) is 26.4 Å². The predicted molar refractivity (Wildman–Crippen MR) is 44.1 cm³/mol. The highest BCUT2D eigenvalue weighted by atomic mass is 16.6. The van der Waals surface area contributed by atoms with Gasteiger partial charge in [-0.1, -0.05) is 0 Å². The van der Waals surface area contributed by atoms with E-state index in [0.29, 0.717) is 19.0 Å². The molecule has 0 bridgehead atoms. The summed E-state index contributed by atoms with van der Waals surface area (Å²) in [5.41, 5.74) is 0. The molecule has 1 rings (SSSR count). The van der Waals surface area contributed by atoms with Gasteiger partial charge in [-0.2, -0.15) is 0 Å². The van der Waals surface area contributed by atoms with Crippen LogP contribution in [-0.4, -0.2) is 31.1 Å². The van der Waals surface area contributed by atoms with Gasteiger partial charge >= 0.3 is 5.97 Å². The molecule has 1 unspecified atom stereocenters. The van der Waals surface area contributed by atoms with Crippen molar-refractivity contribution in [2.75, 3.05) is 13.2 Å². The molecule has 4 heteroatoms. The molecule has 0 radical (unpaired) electrons. The first-order valence-electron chi connectivity index (χ1n) is 4.08. The van der Waals surface area contributed by atoms with Crippen molar-refractivity contribution in [3.05, 3.63) is 0 Å². The van der Waals surface area contributed by atoms with Crippen molar-refractivity contribution in [2.24, 2.45) is 4.99 Å². The topological polar surface area (TPSA) is 47.9 Å². The van der Waals surface area contributed by atoms with Crippen LogP contribution in [0.25, 0.3) is 0 Å². The molecular formula is C8H13NO3. The molecule has 0 aromatic heterocycles. The lowest BCUT2D eigenvalue weighted by molar-refractivity contribution is -0.143. The van der Waals surface area contributed by atoms with Crippen molar-refractivity contribution in [3.8, 4) is 0 Å². The molecule has 1 atom stereocenters. The second kappa shape index (κ2) is 4.09. The van der Waals surface area contributed by atoms with Gasteiger partial charge < -0.3 is 9.47 Å². The second-order valence-corrected chi connectivity index (χ2v) is 2.54. The first-order chi connectivity index (χ1) is 5.74. The van der Waals surface area contributed by atoms with E-state index in [2.05, 4.69) is 4.99 Å². The zero-order valence-corrected chi connectivity index (χ0v) is 7.37. The van der Waals surface area contributed by atoms with Crippen LogP contribution in [0.4, 0.5) is 0 Å². The number of hydrogen-bond acceptors (Lipinski definition) is 4. The van der Waals surface area contributed by atoms with Crippen molar-refractivity contribution in [3.63, 3.8) is 0 Å². The number of ether oxygens (including phenoxy) is 2. The van der Waals surface area contributed by atoms with E-state index in [-0.39, 0.29) is 12.1 Å². The van der Waals surface area contributed by atoms with Crippen molar-refractivity contribution >= 4 is 11.9 Å². The highest BCUT2D eigenvalue weighted by molar-refractivity contribution is 5.84. The van der Waals surface area contributed by atoms with Gasteiger partial charge in [0.2, 0.25) is 5.90 Å². The molecule has 1 aliphatic heterocycles. The molecule has 12 heavy (non-hydrogen) atoms. The molecular weight excluding hydrogens is 158 g/mol. The molecule has 68 valence electrons. The number of aliphatic imine (C=N–C) groups is 1. The zero-order valence-electron chi connectivity index (χ0n) is 7.37. The van der Waals surface area contributed by atoms with Gasteiger partial charge in [0.1, 0.15) is 0 Å². The minimum atomic E-state index is -0.283. The Kier molecular flexibility index (Phi) is 3.08. The second-order valence-electron chi connectivity index (χ2n) is 2.54. The van der Waals surface area contributed by atoms with Gasteiger partial charge in [0.25, 0.3) is 0 Å². The van der Waals surface area contributed by atoms with Gasteiger partial charge in [-0.25, -0.2) is 0 Å². The fraction of sp³-hybridized carbons (Fsp3) is 0.750. The molecule has 1 heterocycles. The van der Waals surface area contributed by atoms with Crippen LogP contribution in [0.5, 0.6) is 0 Å². The summed E-state index contributed by atoms with van der Waals surface area (Å²) in [6.45, 7) is 4.53. The summed E-state index contributed by atoms with van der Waals surface area (Å²) in [6.07, 6.45) is 0.497. The molecule has 0 spiro atoms. The van der Waals surface area contributed by atoms with E-state index in [4.69, 9.17) is 9.47 Å². The summed E-state index contributed by atoms with van der Waals surface area (Å²) in [6, 6.07) is 0. The summed E-state index contributed by atoms with van der Waals surface area (Å²) in [4.78, 5) is 14.7. The molecule has 4 nitrogen and oxygen atoms in total. The average Bonchev–Trinajstić information content (AvgIpc) is 2.37. The van der Waals surface area contributed by atoms with E-state index < -0.39 is 0 Å². The molecule has 0 aliphatic carbocycles. The quantitative estimate of drug-likeness (QED) is 0.576. The van der Waals surface area contributed by atoms with Gasteiger partial charge in [0.15, 0.2) is 6.10 Å². The monoisotopic (exact) mass is 171 g/mol. The minimum Gasteiger partial charge on any atom is -0.479 e. The lowest BCUT2D eigenvalue weighted by Crippen LogP contribution is -2.24. The van der Waals surface area contributed by atoms with E-state index in [9.17, 15) is 4.79 Å². The third-order valence-corrected chi connectivity index (χ3v) is 1.53. The SMILES string of the molecule is CCOC1=NCCC1OC(C)=O. The third-order valence-electron chi connectivity index (χ3n) is 1.53. The number of nitrogens with zero attached hydrogens (tertiary/aromatic N) is 1. The van der Waals surface area contributed by atoms with Crippen LogP contribution in [0.2, 0.25) is 0 Å². The summed E-state index contributed by atoms with van der Waals surface area (Å²) < 4.78 is 10.2. The van der Waals surface area contributed by atoms with Crippen molar-refractivity contribution in [1.82, 2.24) is 0 Å². The summed E-state index contributed by atoms with van der Waals surface area (Å²) >= 11 is 0. The van der Waals surface area contributed by atoms with E-state index in [1.807, 2.05) is 6.92 Å². The smallest absolute Gasteiger partial charge is 0.303 e. The van der Waals surface area contributed by atoms with Gasteiger partial charge in [-0.15, -0.1) is 0 Å². The van der Waals surface area contributed by atoms with Gasteiger partial charge in [0.05, 0.1) is 6.61 Å². The Morgan fingerprint density at radius 3 is 3.08 bits per heavy atom. The highest BCUT2D eigenvalue weighted by Crippen LogP contribution is 2.11. The Morgan fingerprint density at radius 2 is 2.50 bits per heavy atom. The molecule has 0 saturated heterocycles. The van der Waals surface area contributed by atoms with Crippen molar-refractivity contribution < 1.29 is 14.3 Å². The fourth-order valence-corrected chi connectivity index (χ4v) is 1.11. The molecule has 1 aliphatic rings. The van der Waals surface area contributed by atoms with E-state index >= 15 is 0 Å². The van der Waals surface area contributed by atoms with Crippen LogP contribution in [0.1, 0.15) is 20.3 Å². The molecule has 0 aromatic rings. The number of esters is 1. The van der Waals surface area contributed by atoms with Crippen molar-refractivity contribution in [1.29, 1.82) is 0 Å². The number of carbonyl (C=O) groups excluding carboxylic acids is 1. The fourth-order valence-electron chi connectivity index (χ4n) is 1.11. The lowest BCUT2D eigenvalue weighted by atomic mass is 10.3. The number of carbonyl (C=O) groups is 1. The molecule has 0 saturated carbocycles.